The zero-order chi connectivity index (χ0) is 19.9. The maximum Gasteiger partial charge on any atom is 0.434 e. The summed E-state index contributed by atoms with van der Waals surface area (Å²) in [6, 6.07) is 1.90. The van der Waals surface area contributed by atoms with E-state index in [4.69, 9.17) is 4.52 Å². The maximum atomic E-state index is 12.6. The van der Waals surface area contributed by atoms with Gasteiger partial charge >= 0.3 is 6.18 Å². The Hall–Kier alpha value is -1.37. The fourth-order valence-corrected chi connectivity index (χ4v) is 3.22. The lowest BCUT2D eigenvalue weighted by Crippen LogP contribution is -2.36. The molecule has 0 aliphatic carbocycles. The van der Waals surface area contributed by atoms with Crippen molar-refractivity contribution in [1.29, 1.82) is 0 Å². The van der Waals surface area contributed by atoms with Gasteiger partial charge in [-0.15, -0.1) is 35.3 Å². The molecule has 2 heterocycles. The lowest BCUT2D eigenvalue weighted by atomic mass is 9.99. The average molecular weight is 531 g/mol. The van der Waals surface area contributed by atoms with Crippen molar-refractivity contribution >= 4 is 41.3 Å². The number of nitrogens with zero attached hydrogens (tertiary/aromatic N) is 3. The summed E-state index contributed by atoms with van der Waals surface area (Å²) in [5, 5.41) is 11.5. The largest absolute Gasteiger partial charge is 0.434 e. The number of thiazole rings is 1. The molecular formula is C17H25F3IN5OS. The topological polar surface area (TPSA) is 75.3 Å². The minimum absolute atomic E-state index is 0. The second-order valence-corrected chi connectivity index (χ2v) is 6.85. The Balaban J connectivity index is 0.00000392. The Bertz CT molecular complexity index is 743. The van der Waals surface area contributed by atoms with E-state index in [2.05, 4.69) is 39.6 Å². The van der Waals surface area contributed by atoms with Gasteiger partial charge in [-0.1, -0.05) is 19.0 Å². The third kappa shape index (κ3) is 7.22. The first-order chi connectivity index (χ1) is 12.9. The molecule has 0 bridgehead atoms. The molecule has 2 aromatic rings. The standard InChI is InChI=1S/C17H24F3N5OS.HI/c1-4-11(5-2)13-7-12(26-25-13)8-22-16(21-6-3)23-9-15-24-14(10-27-15)17(18,19)20;/h7,10-11H,4-6,8-9H2,1-3H3,(H2,21,22,23);1H. The van der Waals surface area contributed by atoms with Crippen LogP contribution in [-0.2, 0) is 19.3 Å². The molecule has 2 rings (SSSR count). The molecule has 0 fully saturated rings. The number of aliphatic imine (C=N–C) groups is 1. The highest BCUT2D eigenvalue weighted by Crippen LogP contribution is 2.29. The van der Waals surface area contributed by atoms with Gasteiger partial charge in [0.1, 0.15) is 11.6 Å². The first-order valence-electron chi connectivity index (χ1n) is 8.86. The summed E-state index contributed by atoms with van der Waals surface area (Å²) in [6.07, 6.45) is -2.44. The smallest absolute Gasteiger partial charge is 0.359 e. The normalized spacial score (nSPS) is 12.2. The molecule has 0 aliphatic rings. The van der Waals surface area contributed by atoms with Gasteiger partial charge in [-0.3, -0.25) is 0 Å². The van der Waals surface area contributed by atoms with E-state index in [1.165, 1.54) is 0 Å². The van der Waals surface area contributed by atoms with Crippen LogP contribution in [0.4, 0.5) is 13.2 Å². The van der Waals surface area contributed by atoms with Crippen LogP contribution in [-0.4, -0.2) is 22.6 Å². The summed E-state index contributed by atoms with van der Waals surface area (Å²) in [7, 11) is 0. The molecular weight excluding hydrogens is 506 g/mol. The van der Waals surface area contributed by atoms with Crippen LogP contribution in [0.2, 0.25) is 0 Å². The predicted molar refractivity (Wildman–Crippen MR) is 114 cm³/mol. The van der Waals surface area contributed by atoms with Gasteiger partial charge in [0, 0.05) is 23.9 Å². The van der Waals surface area contributed by atoms with Crippen LogP contribution in [0.3, 0.4) is 0 Å². The van der Waals surface area contributed by atoms with E-state index in [0.717, 1.165) is 35.3 Å². The fraction of sp³-hybridized carbons (Fsp3) is 0.588. The second-order valence-electron chi connectivity index (χ2n) is 5.90. The Morgan fingerprint density at radius 2 is 1.96 bits per heavy atom. The molecule has 0 amide bonds. The van der Waals surface area contributed by atoms with Gasteiger partial charge in [-0.05, 0) is 19.8 Å². The van der Waals surface area contributed by atoms with Crippen molar-refractivity contribution in [3.8, 4) is 0 Å². The number of guanidine groups is 1. The van der Waals surface area contributed by atoms with Crippen molar-refractivity contribution in [2.45, 2.75) is 58.8 Å². The van der Waals surface area contributed by atoms with Crippen LogP contribution in [0.5, 0.6) is 0 Å². The molecule has 2 N–H and O–H groups in total. The maximum absolute atomic E-state index is 12.6. The minimum Gasteiger partial charge on any atom is -0.359 e. The summed E-state index contributed by atoms with van der Waals surface area (Å²) in [5.74, 6) is 1.48. The van der Waals surface area contributed by atoms with Crippen LogP contribution in [0.15, 0.2) is 21.0 Å². The summed E-state index contributed by atoms with van der Waals surface area (Å²) in [5.41, 5.74) is 0.0486. The molecule has 0 saturated carbocycles. The molecule has 0 spiro atoms. The Morgan fingerprint density at radius 1 is 1.25 bits per heavy atom. The Labute approximate surface area is 183 Å². The third-order valence-corrected chi connectivity index (χ3v) is 4.82. The molecule has 0 unspecified atom stereocenters. The average Bonchev–Trinajstić information content (AvgIpc) is 3.28. The van der Waals surface area contributed by atoms with Crippen molar-refractivity contribution in [2.24, 2.45) is 4.99 Å². The lowest BCUT2D eigenvalue weighted by Gasteiger charge is -2.09. The molecule has 0 radical (unpaired) electrons. The SMILES string of the molecule is CCNC(=NCc1cc(C(CC)CC)no1)NCc1nc(C(F)(F)F)cs1.I. The highest BCUT2D eigenvalue weighted by Gasteiger charge is 2.33. The summed E-state index contributed by atoms with van der Waals surface area (Å²) >= 11 is 0.958. The van der Waals surface area contributed by atoms with E-state index >= 15 is 0 Å². The van der Waals surface area contributed by atoms with Crippen molar-refractivity contribution < 1.29 is 17.7 Å². The van der Waals surface area contributed by atoms with E-state index in [1.54, 1.807) is 0 Å². The summed E-state index contributed by atoms with van der Waals surface area (Å²) in [6.45, 7) is 7.18. The minimum atomic E-state index is -4.42. The second kappa shape index (κ2) is 11.6. The van der Waals surface area contributed by atoms with E-state index in [9.17, 15) is 13.2 Å². The van der Waals surface area contributed by atoms with Gasteiger partial charge < -0.3 is 15.2 Å². The van der Waals surface area contributed by atoms with Gasteiger partial charge in [-0.25, -0.2) is 9.98 Å². The highest BCUT2D eigenvalue weighted by molar-refractivity contribution is 14.0. The van der Waals surface area contributed by atoms with Crippen molar-refractivity contribution in [2.75, 3.05) is 6.54 Å². The first kappa shape index (κ1) is 24.7. The monoisotopic (exact) mass is 531 g/mol. The van der Waals surface area contributed by atoms with Crippen LogP contribution in [0.25, 0.3) is 0 Å². The third-order valence-electron chi connectivity index (χ3n) is 3.97. The van der Waals surface area contributed by atoms with E-state index in [-0.39, 0.29) is 37.1 Å². The molecule has 2 aromatic heterocycles. The molecule has 0 atom stereocenters. The van der Waals surface area contributed by atoms with Crippen LogP contribution in [0.1, 0.15) is 61.7 Å². The van der Waals surface area contributed by atoms with Gasteiger partial charge in [0.05, 0.1) is 12.2 Å². The number of halogens is 4. The van der Waals surface area contributed by atoms with Gasteiger partial charge in [0.2, 0.25) is 0 Å². The fourth-order valence-electron chi connectivity index (χ4n) is 2.48. The van der Waals surface area contributed by atoms with Crippen molar-refractivity contribution in [3.05, 3.63) is 33.6 Å². The van der Waals surface area contributed by atoms with Gasteiger partial charge in [-0.2, -0.15) is 13.2 Å². The summed E-state index contributed by atoms with van der Waals surface area (Å²) in [4.78, 5) is 7.99. The summed E-state index contributed by atoms with van der Waals surface area (Å²) < 4.78 is 43.2. The first-order valence-corrected chi connectivity index (χ1v) is 9.74. The number of hydrogen-bond acceptors (Lipinski definition) is 5. The Morgan fingerprint density at radius 3 is 2.54 bits per heavy atom. The molecule has 0 aromatic carbocycles. The molecule has 158 valence electrons. The van der Waals surface area contributed by atoms with Crippen LogP contribution >= 0.6 is 35.3 Å². The van der Waals surface area contributed by atoms with Gasteiger partial charge in [0.25, 0.3) is 0 Å². The lowest BCUT2D eigenvalue weighted by molar-refractivity contribution is -0.140. The van der Waals surface area contributed by atoms with Gasteiger partial charge in [0.15, 0.2) is 17.4 Å². The Kier molecular flexibility index (Phi) is 10.2. The molecule has 28 heavy (non-hydrogen) atoms. The van der Waals surface area contributed by atoms with Crippen LogP contribution in [0, 0.1) is 0 Å². The quantitative estimate of drug-likeness (QED) is 0.287. The van der Waals surface area contributed by atoms with Crippen molar-refractivity contribution in [1.82, 2.24) is 20.8 Å². The molecule has 0 saturated heterocycles. The zero-order valence-electron chi connectivity index (χ0n) is 16.0. The number of nitrogens with one attached hydrogen (secondary N) is 2. The van der Waals surface area contributed by atoms with E-state index in [0.29, 0.717) is 29.2 Å². The van der Waals surface area contributed by atoms with E-state index in [1.807, 2.05) is 13.0 Å². The number of hydrogen-bond donors (Lipinski definition) is 2. The molecule has 0 aliphatic heterocycles. The number of aromatic nitrogens is 2. The van der Waals surface area contributed by atoms with Crippen molar-refractivity contribution in [3.63, 3.8) is 0 Å². The van der Waals surface area contributed by atoms with Crippen LogP contribution < -0.4 is 10.6 Å². The number of alkyl halides is 3. The highest BCUT2D eigenvalue weighted by atomic mass is 127. The number of rotatable bonds is 8. The predicted octanol–water partition coefficient (Wildman–Crippen LogP) is 4.93. The molecule has 11 heteroatoms. The van der Waals surface area contributed by atoms with E-state index < -0.39 is 11.9 Å². The zero-order valence-corrected chi connectivity index (χ0v) is 19.1. The molecule has 6 nitrogen and oxygen atoms in total.